The van der Waals surface area contributed by atoms with E-state index in [0.717, 1.165) is 30.2 Å². The fraction of sp³-hybridized carbons (Fsp3) is 0.583. The van der Waals surface area contributed by atoms with E-state index in [-0.39, 0.29) is 4.75 Å². The van der Waals surface area contributed by atoms with Crippen molar-refractivity contribution in [3.05, 3.63) is 22.8 Å². The van der Waals surface area contributed by atoms with Crippen LogP contribution in [0.4, 0.5) is 5.82 Å². The van der Waals surface area contributed by atoms with E-state index in [1.54, 1.807) is 0 Å². The monoisotopic (exact) mass is 271 g/mol. The lowest BCUT2D eigenvalue weighted by Gasteiger charge is -2.38. The molecule has 0 atom stereocenters. The highest BCUT2D eigenvalue weighted by Crippen LogP contribution is 2.34. The Morgan fingerprint density at radius 3 is 2.94 bits per heavy atom. The Morgan fingerprint density at radius 2 is 2.35 bits per heavy atom. The number of hydrogen-bond acceptors (Lipinski definition) is 4. The lowest BCUT2D eigenvalue weighted by molar-refractivity contribution is 0.642. The quantitative estimate of drug-likeness (QED) is 0.898. The number of aromatic nitrogens is 1. The average Bonchev–Trinajstić information content (AvgIpc) is 2.27. The summed E-state index contributed by atoms with van der Waals surface area (Å²) in [6.07, 6.45) is 1.82. The Labute approximate surface area is 112 Å². The lowest BCUT2D eigenvalue weighted by atomic mass is 10.2. The number of anilines is 1. The number of nitrogens with two attached hydrogens (primary N) is 1. The first-order valence-corrected chi connectivity index (χ1v) is 7.11. The molecule has 1 saturated heterocycles. The second-order valence-electron chi connectivity index (χ2n) is 4.88. The van der Waals surface area contributed by atoms with Crippen molar-refractivity contribution in [1.29, 1.82) is 0 Å². The van der Waals surface area contributed by atoms with E-state index in [2.05, 4.69) is 23.7 Å². The molecule has 1 fully saturated rings. The van der Waals surface area contributed by atoms with Crippen molar-refractivity contribution in [1.82, 2.24) is 4.98 Å². The second kappa shape index (κ2) is 5.04. The Kier molecular flexibility index (Phi) is 3.85. The minimum Gasteiger partial charge on any atom is -0.353 e. The van der Waals surface area contributed by atoms with Crippen LogP contribution in [-0.4, -0.2) is 28.6 Å². The van der Waals surface area contributed by atoms with Gasteiger partial charge in [-0.3, -0.25) is 0 Å². The molecule has 0 unspecified atom stereocenters. The smallest absolute Gasteiger partial charge is 0.147 e. The van der Waals surface area contributed by atoms with Gasteiger partial charge in [-0.15, -0.1) is 0 Å². The summed E-state index contributed by atoms with van der Waals surface area (Å²) in [5.41, 5.74) is 6.55. The van der Waals surface area contributed by atoms with Gasteiger partial charge in [-0.1, -0.05) is 11.6 Å². The Balaban J connectivity index is 2.22. The summed E-state index contributed by atoms with van der Waals surface area (Å²) in [6, 6.07) is 1.92. The highest BCUT2D eigenvalue weighted by Gasteiger charge is 2.28. The van der Waals surface area contributed by atoms with Gasteiger partial charge in [0.05, 0.1) is 5.02 Å². The molecule has 17 heavy (non-hydrogen) atoms. The number of halogens is 1. The molecule has 0 spiro atoms. The summed E-state index contributed by atoms with van der Waals surface area (Å²) in [5.74, 6) is 2.00. The van der Waals surface area contributed by atoms with E-state index in [1.807, 2.05) is 24.0 Å². The zero-order valence-electron chi connectivity index (χ0n) is 10.2. The molecule has 2 N–H and O–H groups in total. The maximum atomic E-state index is 6.27. The molecule has 2 heterocycles. The normalized spacial score (nSPS) is 19.4. The molecule has 1 aliphatic heterocycles. The van der Waals surface area contributed by atoms with Crippen LogP contribution in [0.3, 0.4) is 0 Å². The van der Waals surface area contributed by atoms with E-state index >= 15 is 0 Å². The Morgan fingerprint density at radius 1 is 1.59 bits per heavy atom. The van der Waals surface area contributed by atoms with Crippen molar-refractivity contribution in [2.45, 2.75) is 25.1 Å². The predicted octanol–water partition coefficient (Wildman–Crippen LogP) is 2.53. The molecule has 0 saturated carbocycles. The lowest BCUT2D eigenvalue weighted by Crippen LogP contribution is -2.43. The van der Waals surface area contributed by atoms with Crippen molar-refractivity contribution in [3.63, 3.8) is 0 Å². The zero-order valence-corrected chi connectivity index (χ0v) is 11.8. The summed E-state index contributed by atoms with van der Waals surface area (Å²) in [6.45, 7) is 6.97. The van der Waals surface area contributed by atoms with Crippen molar-refractivity contribution in [2.75, 3.05) is 23.7 Å². The standard InChI is InChI=1S/C12H18ClN3S/c1-12(2)8-16(3-4-17-12)11-10(13)5-9(6-14)7-15-11/h5,7H,3-4,6,8,14H2,1-2H3. The number of nitrogens with zero attached hydrogens (tertiary/aromatic N) is 2. The minimum atomic E-state index is 0.260. The molecule has 3 nitrogen and oxygen atoms in total. The number of thioether (sulfide) groups is 1. The topological polar surface area (TPSA) is 42.2 Å². The maximum Gasteiger partial charge on any atom is 0.147 e. The zero-order chi connectivity index (χ0) is 12.5. The van der Waals surface area contributed by atoms with Crippen molar-refractivity contribution >= 4 is 29.2 Å². The van der Waals surface area contributed by atoms with Gasteiger partial charge in [-0.2, -0.15) is 11.8 Å². The Bertz CT molecular complexity index is 409. The summed E-state index contributed by atoms with van der Waals surface area (Å²) in [4.78, 5) is 6.71. The molecular formula is C12H18ClN3S. The number of rotatable bonds is 2. The van der Waals surface area contributed by atoms with Crippen LogP contribution in [0.2, 0.25) is 5.02 Å². The van der Waals surface area contributed by atoms with Crippen LogP contribution in [0.25, 0.3) is 0 Å². The predicted molar refractivity (Wildman–Crippen MR) is 75.9 cm³/mol. The van der Waals surface area contributed by atoms with Crippen LogP contribution >= 0.6 is 23.4 Å². The maximum absolute atomic E-state index is 6.27. The molecule has 94 valence electrons. The third kappa shape index (κ3) is 3.06. The van der Waals surface area contributed by atoms with Crippen molar-refractivity contribution < 1.29 is 0 Å². The molecule has 0 radical (unpaired) electrons. The second-order valence-corrected chi connectivity index (χ2v) is 7.09. The number of pyridine rings is 1. The molecule has 5 heteroatoms. The first kappa shape index (κ1) is 13.0. The van der Waals surface area contributed by atoms with Crippen molar-refractivity contribution in [3.8, 4) is 0 Å². The van der Waals surface area contributed by atoms with Crippen LogP contribution in [-0.2, 0) is 6.54 Å². The van der Waals surface area contributed by atoms with Gasteiger partial charge in [0.1, 0.15) is 5.82 Å². The van der Waals surface area contributed by atoms with Crippen LogP contribution in [0.1, 0.15) is 19.4 Å². The largest absolute Gasteiger partial charge is 0.353 e. The number of hydrogen-bond donors (Lipinski definition) is 1. The van der Waals surface area contributed by atoms with Gasteiger partial charge in [0, 0.05) is 36.3 Å². The first-order chi connectivity index (χ1) is 8.02. The molecular weight excluding hydrogens is 254 g/mol. The molecule has 0 bridgehead atoms. The molecule has 2 rings (SSSR count). The molecule has 1 aromatic heterocycles. The van der Waals surface area contributed by atoms with Gasteiger partial charge in [0.15, 0.2) is 0 Å². The summed E-state index contributed by atoms with van der Waals surface area (Å²) >= 11 is 8.27. The summed E-state index contributed by atoms with van der Waals surface area (Å²) < 4.78 is 0.260. The van der Waals surface area contributed by atoms with E-state index in [9.17, 15) is 0 Å². The van der Waals surface area contributed by atoms with E-state index < -0.39 is 0 Å². The van der Waals surface area contributed by atoms with Gasteiger partial charge >= 0.3 is 0 Å². The van der Waals surface area contributed by atoms with Crippen molar-refractivity contribution in [2.24, 2.45) is 5.73 Å². The summed E-state index contributed by atoms with van der Waals surface area (Å²) in [5, 5.41) is 0.704. The third-order valence-corrected chi connectivity index (χ3v) is 4.41. The fourth-order valence-corrected chi connectivity index (χ4v) is 3.43. The Hall–Kier alpha value is -0.450. The van der Waals surface area contributed by atoms with Crippen LogP contribution in [0.15, 0.2) is 12.3 Å². The van der Waals surface area contributed by atoms with E-state index in [4.69, 9.17) is 17.3 Å². The van der Waals surface area contributed by atoms with Gasteiger partial charge in [0.25, 0.3) is 0 Å². The van der Waals surface area contributed by atoms with Crippen LogP contribution in [0.5, 0.6) is 0 Å². The highest BCUT2D eigenvalue weighted by molar-refractivity contribution is 8.00. The first-order valence-electron chi connectivity index (χ1n) is 5.75. The van der Waals surface area contributed by atoms with Crippen LogP contribution in [0, 0.1) is 0 Å². The van der Waals surface area contributed by atoms with Gasteiger partial charge in [-0.25, -0.2) is 4.98 Å². The van der Waals surface area contributed by atoms with Gasteiger partial charge in [0.2, 0.25) is 0 Å². The molecule has 0 amide bonds. The third-order valence-electron chi connectivity index (χ3n) is 2.84. The van der Waals surface area contributed by atoms with E-state index in [1.165, 1.54) is 0 Å². The average molecular weight is 272 g/mol. The molecule has 1 aromatic rings. The van der Waals surface area contributed by atoms with E-state index in [0.29, 0.717) is 11.6 Å². The summed E-state index contributed by atoms with van der Waals surface area (Å²) in [7, 11) is 0. The molecule has 1 aliphatic rings. The highest BCUT2D eigenvalue weighted by atomic mass is 35.5. The molecule has 0 aliphatic carbocycles. The fourth-order valence-electron chi connectivity index (χ4n) is 2.01. The molecule has 0 aromatic carbocycles. The van der Waals surface area contributed by atoms with Crippen LogP contribution < -0.4 is 10.6 Å². The SMILES string of the molecule is CC1(C)CN(c2ncc(CN)cc2Cl)CCS1. The van der Waals surface area contributed by atoms with Gasteiger partial charge < -0.3 is 10.6 Å². The van der Waals surface area contributed by atoms with Gasteiger partial charge in [-0.05, 0) is 25.5 Å². The minimum absolute atomic E-state index is 0.260.